The average molecular weight is 324 g/mol. The molecular weight excluding hydrogens is 300 g/mol. The molecule has 4 rings (SSSR count). The van der Waals surface area contributed by atoms with Crippen molar-refractivity contribution in [3.63, 3.8) is 0 Å². The minimum atomic E-state index is 0.489. The molecule has 2 fully saturated rings. The lowest BCUT2D eigenvalue weighted by atomic mass is 9.97. The number of rotatable bonds is 3. The number of nitrogens with zero attached hydrogens (tertiary/aromatic N) is 4. The second kappa shape index (κ2) is 6.77. The van der Waals surface area contributed by atoms with Crippen molar-refractivity contribution in [2.45, 2.75) is 25.3 Å². The molecule has 5 heteroatoms. The third-order valence-corrected chi connectivity index (χ3v) is 5.11. The van der Waals surface area contributed by atoms with E-state index in [2.05, 4.69) is 63.1 Å². The summed E-state index contributed by atoms with van der Waals surface area (Å²) in [7, 11) is 0. The molecular formula is C19H24N4O. The zero-order valence-corrected chi connectivity index (χ0v) is 14.1. The largest absolute Gasteiger partial charge is 0.378 e. The number of ether oxygens (including phenoxy) is 1. The standard InChI is InChI=1S/C19H24N4O/c1-15-11-17(16-5-3-2-4-6-16)13-23(15)19-12-18(20-14-21-19)22-7-9-24-10-8-22/h2-6,12,14-15,17H,7-11,13H2,1H3/t15-,17+/m1/s1. The van der Waals surface area contributed by atoms with E-state index in [0.717, 1.165) is 44.5 Å². The molecule has 0 amide bonds. The van der Waals surface area contributed by atoms with Crippen molar-refractivity contribution in [3.8, 4) is 0 Å². The number of hydrogen-bond acceptors (Lipinski definition) is 5. The number of aromatic nitrogens is 2. The smallest absolute Gasteiger partial charge is 0.134 e. The number of hydrogen-bond donors (Lipinski definition) is 0. The van der Waals surface area contributed by atoms with Gasteiger partial charge in [0, 0.05) is 37.7 Å². The Kier molecular flexibility index (Phi) is 4.34. The lowest BCUT2D eigenvalue weighted by molar-refractivity contribution is 0.122. The highest BCUT2D eigenvalue weighted by Crippen LogP contribution is 2.34. The Labute approximate surface area is 143 Å². The highest BCUT2D eigenvalue weighted by atomic mass is 16.5. The predicted molar refractivity (Wildman–Crippen MR) is 95.7 cm³/mol. The molecule has 0 unspecified atom stereocenters. The van der Waals surface area contributed by atoms with Crippen molar-refractivity contribution in [3.05, 3.63) is 48.3 Å². The summed E-state index contributed by atoms with van der Waals surface area (Å²) < 4.78 is 5.44. The minimum absolute atomic E-state index is 0.489. The molecule has 2 aliphatic rings. The summed E-state index contributed by atoms with van der Waals surface area (Å²) in [6, 6.07) is 13.4. The summed E-state index contributed by atoms with van der Waals surface area (Å²) in [5.74, 6) is 2.62. The van der Waals surface area contributed by atoms with E-state index < -0.39 is 0 Å². The Hall–Kier alpha value is -2.14. The topological polar surface area (TPSA) is 41.5 Å². The molecule has 0 bridgehead atoms. The Morgan fingerprint density at radius 2 is 1.79 bits per heavy atom. The van der Waals surface area contributed by atoms with Crippen LogP contribution in [0, 0.1) is 0 Å². The molecule has 2 aliphatic heterocycles. The summed E-state index contributed by atoms with van der Waals surface area (Å²) >= 11 is 0. The van der Waals surface area contributed by atoms with E-state index in [0.29, 0.717) is 12.0 Å². The SMILES string of the molecule is C[C@@H]1C[C@H](c2ccccc2)CN1c1cc(N2CCOCC2)ncn1. The fraction of sp³-hybridized carbons (Fsp3) is 0.474. The van der Waals surface area contributed by atoms with Gasteiger partial charge in [-0.3, -0.25) is 0 Å². The Balaban J connectivity index is 1.53. The normalized spacial score (nSPS) is 24.4. The van der Waals surface area contributed by atoms with Crippen molar-refractivity contribution in [2.75, 3.05) is 42.6 Å². The second-order valence-corrected chi connectivity index (χ2v) is 6.68. The third-order valence-electron chi connectivity index (χ3n) is 5.11. The lowest BCUT2D eigenvalue weighted by Gasteiger charge is -2.29. The minimum Gasteiger partial charge on any atom is -0.378 e. The quantitative estimate of drug-likeness (QED) is 0.868. The van der Waals surface area contributed by atoms with E-state index in [-0.39, 0.29) is 0 Å². The van der Waals surface area contributed by atoms with Crippen LogP contribution in [0.2, 0.25) is 0 Å². The van der Waals surface area contributed by atoms with Crippen LogP contribution in [0.25, 0.3) is 0 Å². The van der Waals surface area contributed by atoms with Gasteiger partial charge in [0.1, 0.15) is 18.0 Å². The van der Waals surface area contributed by atoms with Gasteiger partial charge in [-0.15, -0.1) is 0 Å². The maximum Gasteiger partial charge on any atom is 0.134 e. The van der Waals surface area contributed by atoms with Crippen molar-refractivity contribution < 1.29 is 4.74 Å². The molecule has 3 heterocycles. The Bertz CT molecular complexity index is 672. The van der Waals surface area contributed by atoms with Gasteiger partial charge in [0.25, 0.3) is 0 Å². The molecule has 126 valence electrons. The van der Waals surface area contributed by atoms with Crippen LogP contribution in [-0.2, 0) is 4.74 Å². The van der Waals surface area contributed by atoms with Gasteiger partial charge in [-0.1, -0.05) is 30.3 Å². The summed E-state index contributed by atoms with van der Waals surface area (Å²) in [6.07, 6.45) is 2.86. The molecule has 1 aromatic heterocycles. The predicted octanol–water partition coefficient (Wildman–Crippen LogP) is 2.70. The van der Waals surface area contributed by atoms with Gasteiger partial charge in [-0.05, 0) is 18.9 Å². The van der Waals surface area contributed by atoms with Crippen LogP contribution in [-0.4, -0.2) is 48.9 Å². The molecule has 1 aromatic carbocycles. The van der Waals surface area contributed by atoms with Crippen molar-refractivity contribution in [1.29, 1.82) is 0 Å². The van der Waals surface area contributed by atoms with Gasteiger partial charge in [0.15, 0.2) is 0 Å². The zero-order chi connectivity index (χ0) is 16.4. The molecule has 0 saturated carbocycles. The average Bonchev–Trinajstić information content (AvgIpc) is 3.05. The van der Waals surface area contributed by atoms with Gasteiger partial charge in [-0.2, -0.15) is 0 Å². The monoisotopic (exact) mass is 324 g/mol. The van der Waals surface area contributed by atoms with E-state index in [1.807, 2.05) is 0 Å². The number of anilines is 2. The summed E-state index contributed by atoms with van der Waals surface area (Å²) in [5.41, 5.74) is 1.43. The Morgan fingerprint density at radius 3 is 2.58 bits per heavy atom. The van der Waals surface area contributed by atoms with E-state index in [1.165, 1.54) is 12.0 Å². The van der Waals surface area contributed by atoms with Crippen LogP contribution >= 0.6 is 0 Å². The van der Waals surface area contributed by atoms with Gasteiger partial charge in [0.05, 0.1) is 13.2 Å². The first-order chi connectivity index (χ1) is 11.8. The van der Waals surface area contributed by atoms with Crippen molar-refractivity contribution in [2.24, 2.45) is 0 Å². The van der Waals surface area contributed by atoms with E-state index in [9.17, 15) is 0 Å². The molecule has 0 aliphatic carbocycles. The number of morpholine rings is 1. The van der Waals surface area contributed by atoms with Crippen LogP contribution in [0.15, 0.2) is 42.7 Å². The van der Waals surface area contributed by atoms with E-state index >= 15 is 0 Å². The molecule has 2 saturated heterocycles. The van der Waals surface area contributed by atoms with Crippen LogP contribution in [0.3, 0.4) is 0 Å². The lowest BCUT2D eigenvalue weighted by Crippen LogP contribution is -2.37. The zero-order valence-electron chi connectivity index (χ0n) is 14.1. The fourth-order valence-corrected chi connectivity index (χ4v) is 3.78. The maximum absolute atomic E-state index is 5.44. The van der Waals surface area contributed by atoms with Crippen LogP contribution < -0.4 is 9.80 Å². The molecule has 2 aromatic rings. The van der Waals surface area contributed by atoms with Crippen molar-refractivity contribution in [1.82, 2.24) is 9.97 Å². The maximum atomic E-state index is 5.44. The molecule has 0 spiro atoms. The summed E-state index contributed by atoms with van der Waals surface area (Å²) in [6.45, 7) is 6.66. The van der Waals surface area contributed by atoms with E-state index in [4.69, 9.17) is 4.74 Å². The van der Waals surface area contributed by atoms with Gasteiger partial charge in [-0.25, -0.2) is 9.97 Å². The second-order valence-electron chi connectivity index (χ2n) is 6.68. The fourth-order valence-electron chi connectivity index (χ4n) is 3.78. The molecule has 0 radical (unpaired) electrons. The molecule has 5 nitrogen and oxygen atoms in total. The van der Waals surface area contributed by atoms with Gasteiger partial charge >= 0.3 is 0 Å². The highest BCUT2D eigenvalue weighted by molar-refractivity contribution is 5.52. The van der Waals surface area contributed by atoms with Crippen LogP contribution in [0.1, 0.15) is 24.8 Å². The highest BCUT2D eigenvalue weighted by Gasteiger charge is 2.31. The molecule has 2 atom stereocenters. The van der Waals surface area contributed by atoms with Gasteiger partial charge < -0.3 is 14.5 Å². The van der Waals surface area contributed by atoms with Crippen molar-refractivity contribution >= 4 is 11.6 Å². The first-order valence-electron chi connectivity index (χ1n) is 8.77. The summed E-state index contributed by atoms with van der Waals surface area (Å²) in [5, 5.41) is 0. The first-order valence-corrected chi connectivity index (χ1v) is 8.77. The van der Waals surface area contributed by atoms with Crippen LogP contribution in [0.4, 0.5) is 11.6 Å². The first kappa shape index (κ1) is 15.4. The van der Waals surface area contributed by atoms with Gasteiger partial charge in [0.2, 0.25) is 0 Å². The summed E-state index contributed by atoms with van der Waals surface area (Å²) in [4.78, 5) is 13.7. The molecule has 0 N–H and O–H groups in total. The number of benzene rings is 1. The third kappa shape index (κ3) is 3.08. The Morgan fingerprint density at radius 1 is 1.04 bits per heavy atom. The molecule has 24 heavy (non-hydrogen) atoms. The van der Waals surface area contributed by atoms with Crippen LogP contribution in [0.5, 0.6) is 0 Å². The van der Waals surface area contributed by atoms with E-state index in [1.54, 1.807) is 6.33 Å².